The average Bonchev–Trinajstić information content (AvgIpc) is 3.43. The third-order valence-electron chi connectivity index (χ3n) is 11.4. The zero-order chi connectivity index (χ0) is 34.4. The number of aliphatic hydroxyl groups excluding tert-OH is 2. The van der Waals surface area contributed by atoms with Crippen molar-refractivity contribution in [2.45, 2.75) is 113 Å². The molecule has 2 aliphatic carbocycles. The molecule has 2 aliphatic heterocycles. The van der Waals surface area contributed by atoms with Crippen molar-refractivity contribution in [1.29, 1.82) is 0 Å². The molecule has 0 unspecified atom stereocenters. The number of unbranched alkanes of at least 4 members (excludes halogenated alkanes) is 3. The molecule has 2 heterocycles. The Morgan fingerprint density at radius 2 is 1.79 bits per heavy atom. The first kappa shape index (κ1) is 35.4. The predicted molar refractivity (Wildman–Crippen MR) is 173 cm³/mol. The summed E-state index contributed by atoms with van der Waals surface area (Å²) < 4.78 is 18.1. The summed E-state index contributed by atoms with van der Waals surface area (Å²) in [5, 5.41) is 60.8. The van der Waals surface area contributed by atoms with Gasteiger partial charge in [0.05, 0.1) is 17.3 Å². The minimum Gasteiger partial charge on any atom is -0.459 e. The van der Waals surface area contributed by atoms with Crippen molar-refractivity contribution in [2.75, 3.05) is 6.61 Å². The van der Waals surface area contributed by atoms with Gasteiger partial charge in [0, 0.05) is 17.9 Å². The van der Waals surface area contributed by atoms with Crippen LogP contribution in [-0.4, -0.2) is 90.9 Å². The van der Waals surface area contributed by atoms with E-state index in [1.54, 1.807) is 56.3 Å². The van der Waals surface area contributed by atoms with E-state index in [-0.39, 0.29) is 24.0 Å². The summed E-state index contributed by atoms with van der Waals surface area (Å²) in [5.41, 5.74) is -7.31. The lowest BCUT2D eigenvalue weighted by Crippen LogP contribution is -2.75. The second-order valence-corrected chi connectivity index (χ2v) is 14.3. The molecular weight excluding hydrogens is 604 g/mol. The summed E-state index contributed by atoms with van der Waals surface area (Å²) in [6, 6.07) is 8.13. The van der Waals surface area contributed by atoms with E-state index in [1.165, 1.54) is 6.08 Å². The molecular formula is C37H50O10. The lowest BCUT2D eigenvalue weighted by Gasteiger charge is -2.62. The van der Waals surface area contributed by atoms with Crippen molar-refractivity contribution < 1.29 is 49.3 Å². The van der Waals surface area contributed by atoms with Crippen LogP contribution in [0.4, 0.5) is 0 Å². The Labute approximate surface area is 276 Å². The van der Waals surface area contributed by atoms with E-state index in [9.17, 15) is 35.1 Å². The minimum absolute atomic E-state index is 0.0422. The van der Waals surface area contributed by atoms with E-state index >= 15 is 0 Å². The van der Waals surface area contributed by atoms with E-state index in [4.69, 9.17) is 14.2 Å². The summed E-state index contributed by atoms with van der Waals surface area (Å²) in [7, 11) is 0. The van der Waals surface area contributed by atoms with Crippen LogP contribution in [0.5, 0.6) is 0 Å². The molecule has 258 valence electrons. The van der Waals surface area contributed by atoms with E-state index in [2.05, 4.69) is 13.5 Å². The molecule has 2 saturated heterocycles. The number of benzene rings is 1. The number of carbonyl (C=O) groups is 2. The largest absolute Gasteiger partial charge is 0.459 e. The molecule has 1 spiro atoms. The third-order valence-corrected chi connectivity index (χ3v) is 11.4. The van der Waals surface area contributed by atoms with Crippen LogP contribution in [0.2, 0.25) is 0 Å². The van der Waals surface area contributed by atoms with Crippen LogP contribution < -0.4 is 0 Å². The molecule has 1 aromatic rings. The summed E-state index contributed by atoms with van der Waals surface area (Å²) in [4.78, 5) is 26.1. The highest BCUT2D eigenvalue weighted by Crippen LogP contribution is 2.68. The van der Waals surface area contributed by atoms with Gasteiger partial charge < -0.3 is 39.7 Å². The van der Waals surface area contributed by atoms with E-state index in [0.29, 0.717) is 0 Å². The van der Waals surface area contributed by atoms with Crippen LogP contribution in [0.25, 0.3) is 0 Å². The number of rotatable bonds is 11. The Balaban J connectivity index is 1.52. The minimum atomic E-state index is -2.36. The second-order valence-electron chi connectivity index (χ2n) is 14.3. The van der Waals surface area contributed by atoms with Gasteiger partial charge in [-0.2, -0.15) is 0 Å². The fourth-order valence-corrected chi connectivity index (χ4v) is 8.92. The number of ether oxygens (including phenoxy) is 3. The molecule has 4 aliphatic rings. The maximum absolute atomic E-state index is 13.1. The smallest absolute Gasteiger partial charge is 0.338 e. The number of allylic oxidation sites excluding steroid dienone is 3. The fraction of sp³-hybridized carbons (Fsp3) is 0.622. The number of aliphatic hydroxyl groups is 5. The Bertz CT molecular complexity index is 1390. The van der Waals surface area contributed by atoms with Crippen molar-refractivity contribution >= 4 is 11.9 Å². The van der Waals surface area contributed by atoms with Crippen molar-refractivity contribution in [3.8, 4) is 0 Å². The molecule has 0 aromatic heterocycles. The third kappa shape index (κ3) is 5.60. The van der Waals surface area contributed by atoms with Gasteiger partial charge in [0.1, 0.15) is 36.1 Å². The van der Waals surface area contributed by atoms with Crippen molar-refractivity contribution in [3.05, 3.63) is 72.4 Å². The highest BCUT2D eigenvalue weighted by molar-refractivity contribution is 5.89. The van der Waals surface area contributed by atoms with E-state index < -0.39 is 89.0 Å². The van der Waals surface area contributed by atoms with Gasteiger partial charge in [0.15, 0.2) is 5.60 Å². The van der Waals surface area contributed by atoms with E-state index in [1.807, 2.05) is 13.0 Å². The molecule has 0 amide bonds. The number of hydrogen-bond acceptors (Lipinski definition) is 10. The molecule has 10 nitrogen and oxygen atoms in total. The molecule has 5 N–H and O–H groups in total. The SMILES string of the molecule is C=C(C)[C@]1(O)C[C@@H](C)[C@@]2(O)[C@@H]([C@H]3O[C@@]4([C@H](O)[C@]3(O)COC(=O)c3ccccc3)[C@@H](OC(=O)/C=C/C=C\CCCCC)[C@@H](C)C[C@@H]24)[C@H]1O. The van der Waals surface area contributed by atoms with Crippen LogP contribution in [0, 0.1) is 23.7 Å². The fourth-order valence-electron chi connectivity index (χ4n) is 8.92. The summed E-state index contributed by atoms with van der Waals surface area (Å²) >= 11 is 0. The topological polar surface area (TPSA) is 163 Å². The van der Waals surface area contributed by atoms with Crippen LogP contribution >= 0.6 is 0 Å². The van der Waals surface area contributed by atoms with Crippen molar-refractivity contribution in [1.82, 2.24) is 0 Å². The van der Waals surface area contributed by atoms with Gasteiger partial charge in [-0.3, -0.25) is 0 Å². The van der Waals surface area contributed by atoms with Crippen LogP contribution in [0.3, 0.4) is 0 Å². The van der Waals surface area contributed by atoms with Crippen molar-refractivity contribution in [3.63, 3.8) is 0 Å². The molecule has 10 heteroatoms. The molecule has 2 bridgehead atoms. The summed E-state index contributed by atoms with van der Waals surface area (Å²) in [5.74, 6) is -4.82. The molecule has 1 aromatic carbocycles. The van der Waals surface area contributed by atoms with Gasteiger partial charge in [-0.15, -0.1) is 0 Å². The number of fused-ring (bicyclic) bond motifs is 4. The van der Waals surface area contributed by atoms with Crippen LogP contribution in [0.1, 0.15) is 76.6 Å². The maximum Gasteiger partial charge on any atom is 0.338 e. The summed E-state index contributed by atoms with van der Waals surface area (Å²) in [6.07, 6.45) is 4.84. The summed E-state index contributed by atoms with van der Waals surface area (Å²) in [6.45, 7) is 10.4. The zero-order valence-corrected chi connectivity index (χ0v) is 27.7. The Morgan fingerprint density at radius 3 is 2.45 bits per heavy atom. The van der Waals surface area contributed by atoms with Gasteiger partial charge in [-0.25, -0.2) is 9.59 Å². The quantitative estimate of drug-likeness (QED) is 0.0786. The normalized spacial score (nSPS) is 42.3. The second kappa shape index (κ2) is 13.2. The number of hydrogen-bond donors (Lipinski definition) is 5. The van der Waals surface area contributed by atoms with Gasteiger partial charge in [-0.1, -0.05) is 76.6 Å². The maximum atomic E-state index is 13.1. The number of esters is 2. The van der Waals surface area contributed by atoms with Crippen LogP contribution in [0.15, 0.2) is 66.8 Å². The molecule has 0 radical (unpaired) electrons. The molecule has 47 heavy (non-hydrogen) atoms. The Hall–Kier alpha value is -2.86. The van der Waals surface area contributed by atoms with Crippen LogP contribution in [-0.2, 0) is 19.0 Å². The lowest BCUT2D eigenvalue weighted by molar-refractivity contribution is -0.325. The Morgan fingerprint density at radius 1 is 1.09 bits per heavy atom. The monoisotopic (exact) mass is 654 g/mol. The first-order valence-corrected chi connectivity index (χ1v) is 16.8. The average molecular weight is 655 g/mol. The van der Waals surface area contributed by atoms with E-state index in [0.717, 1.165) is 25.7 Å². The molecule has 2 saturated carbocycles. The number of carbonyl (C=O) groups excluding carboxylic acids is 2. The standard InChI is InChI=1S/C37H50O10/c1-6-7-8-9-10-11-15-18-27(38)46-30-23(4)19-26-36(44)24(5)20-34(42,22(2)3)29(39)28(36)31-35(43,33(41)37(26,30)47-31)21-45-32(40)25-16-13-12-14-17-25/h10-18,23-24,26,28-31,33,39,41-44H,2,6-9,19-21H2,1,3-5H3/b11-10-,18-15+/t23-,24+,26-,28+,29+,30-,31+,33+,34+,35-,36-,37+/m0/s1. The first-order chi connectivity index (χ1) is 22.2. The van der Waals surface area contributed by atoms with Gasteiger partial charge in [0.25, 0.3) is 0 Å². The zero-order valence-electron chi connectivity index (χ0n) is 27.7. The molecule has 4 fully saturated rings. The lowest BCUT2D eigenvalue weighted by atomic mass is 9.52. The highest BCUT2D eigenvalue weighted by atomic mass is 16.6. The van der Waals surface area contributed by atoms with Crippen molar-refractivity contribution in [2.24, 2.45) is 23.7 Å². The predicted octanol–water partition coefficient (Wildman–Crippen LogP) is 3.40. The molecule has 5 rings (SSSR count). The van der Waals surface area contributed by atoms with Gasteiger partial charge >= 0.3 is 11.9 Å². The molecule has 12 atom stereocenters. The Kier molecular flexibility index (Phi) is 9.97. The first-order valence-electron chi connectivity index (χ1n) is 16.8. The highest BCUT2D eigenvalue weighted by Gasteiger charge is 2.84. The van der Waals surface area contributed by atoms with Gasteiger partial charge in [0.2, 0.25) is 0 Å². The van der Waals surface area contributed by atoms with Gasteiger partial charge in [-0.05, 0) is 62.1 Å².